The van der Waals surface area contributed by atoms with Gasteiger partial charge in [-0.1, -0.05) is 42.5 Å². The number of nitrogens with one attached hydrogen (secondary N) is 2. The monoisotopic (exact) mass is 492 g/mol. The average Bonchev–Trinajstić information content (AvgIpc) is 2.87. The first-order chi connectivity index (χ1) is 16.9. The van der Waals surface area contributed by atoms with E-state index in [1.165, 1.54) is 32.4 Å². The van der Waals surface area contributed by atoms with Crippen molar-refractivity contribution in [1.29, 1.82) is 0 Å². The Morgan fingerprint density at radius 3 is 2.23 bits per heavy atom. The lowest BCUT2D eigenvalue weighted by molar-refractivity contribution is -0.118. The predicted molar refractivity (Wildman–Crippen MR) is 135 cm³/mol. The fourth-order valence-electron chi connectivity index (χ4n) is 3.48. The molecule has 2 N–H and O–H groups in total. The third-order valence-electron chi connectivity index (χ3n) is 5.20. The second-order valence-electron chi connectivity index (χ2n) is 7.51. The van der Waals surface area contributed by atoms with Crippen molar-refractivity contribution in [2.24, 2.45) is 0 Å². The maximum atomic E-state index is 13.0. The minimum absolute atomic E-state index is 0.0602. The molecule has 0 fully saturated rings. The molecule has 0 aliphatic carbocycles. The molecule has 4 aromatic carbocycles. The van der Waals surface area contributed by atoms with Crippen LogP contribution in [0.15, 0.2) is 89.8 Å². The van der Waals surface area contributed by atoms with Crippen LogP contribution in [-0.2, 0) is 14.8 Å². The zero-order valence-electron chi connectivity index (χ0n) is 19.1. The molecule has 4 aromatic rings. The number of para-hydroxylation sites is 2. The molecule has 0 saturated carbocycles. The Bertz CT molecular complexity index is 1470. The lowest BCUT2D eigenvalue weighted by Crippen LogP contribution is -2.21. The summed E-state index contributed by atoms with van der Waals surface area (Å²) in [5.41, 5.74) is 0.489. The van der Waals surface area contributed by atoms with Crippen LogP contribution in [0.1, 0.15) is 0 Å². The van der Waals surface area contributed by atoms with Crippen molar-refractivity contribution in [3.63, 3.8) is 0 Å². The summed E-state index contributed by atoms with van der Waals surface area (Å²) >= 11 is 0. The smallest absolute Gasteiger partial charge is 0.262 e. The van der Waals surface area contributed by atoms with Crippen LogP contribution in [0, 0.1) is 0 Å². The summed E-state index contributed by atoms with van der Waals surface area (Å²) in [6.45, 7) is -0.266. The number of anilines is 2. The van der Waals surface area contributed by atoms with Crippen LogP contribution in [0.2, 0.25) is 0 Å². The molecule has 0 saturated heterocycles. The largest absolute Gasteiger partial charge is 0.495 e. The molecule has 0 spiro atoms. The molecule has 4 rings (SSSR count). The fourth-order valence-corrected chi connectivity index (χ4v) is 4.57. The standard InChI is InChI=1S/C26H24N2O6S/c1-32-24-10-6-5-9-22(24)28-35(30,31)21-13-14-25(33-2)23(16-21)27-26(29)17-34-20-12-11-18-7-3-4-8-19(18)15-20/h3-16,28H,17H2,1-2H3,(H,27,29). The first kappa shape index (κ1) is 23.9. The van der Waals surface area contributed by atoms with Crippen molar-refractivity contribution >= 4 is 38.1 Å². The van der Waals surface area contributed by atoms with E-state index in [0.29, 0.717) is 22.9 Å². The number of ether oxygens (including phenoxy) is 3. The van der Waals surface area contributed by atoms with Gasteiger partial charge >= 0.3 is 0 Å². The zero-order chi connectivity index (χ0) is 24.8. The van der Waals surface area contributed by atoms with Crippen LogP contribution in [0.25, 0.3) is 10.8 Å². The van der Waals surface area contributed by atoms with Crippen molar-refractivity contribution in [2.75, 3.05) is 30.9 Å². The van der Waals surface area contributed by atoms with Gasteiger partial charge in [-0.05, 0) is 53.2 Å². The summed E-state index contributed by atoms with van der Waals surface area (Å²) in [6.07, 6.45) is 0. The van der Waals surface area contributed by atoms with E-state index in [2.05, 4.69) is 10.0 Å². The number of rotatable bonds is 9. The summed E-state index contributed by atoms with van der Waals surface area (Å²) in [4.78, 5) is 12.5. The van der Waals surface area contributed by atoms with Crippen LogP contribution >= 0.6 is 0 Å². The second-order valence-corrected chi connectivity index (χ2v) is 9.20. The number of methoxy groups -OCH3 is 2. The maximum absolute atomic E-state index is 13.0. The van der Waals surface area contributed by atoms with Crippen LogP contribution < -0.4 is 24.2 Å². The summed E-state index contributed by atoms with van der Waals surface area (Å²) in [7, 11) is -1.09. The zero-order valence-corrected chi connectivity index (χ0v) is 20.0. The fraction of sp³-hybridized carbons (Fsp3) is 0.115. The number of fused-ring (bicyclic) bond motifs is 1. The molecule has 9 heteroatoms. The molecule has 0 radical (unpaired) electrons. The van der Waals surface area contributed by atoms with Crippen LogP contribution in [0.3, 0.4) is 0 Å². The van der Waals surface area contributed by atoms with E-state index in [-0.39, 0.29) is 17.2 Å². The Morgan fingerprint density at radius 1 is 0.771 bits per heavy atom. The van der Waals surface area contributed by atoms with E-state index in [0.717, 1.165) is 10.8 Å². The lowest BCUT2D eigenvalue weighted by atomic mass is 10.1. The Hall–Kier alpha value is -4.24. The first-order valence-corrected chi connectivity index (χ1v) is 12.1. The van der Waals surface area contributed by atoms with Gasteiger partial charge in [-0.2, -0.15) is 0 Å². The number of benzene rings is 4. The summed E-state index contributed by atoms with van der Waals surface area (Å²) in [5, 5.41) is 4.72. The molecule has 0 bridgehead atoms. The number of sulfonamides is 1. The quantitative estimate of drug-likeness (QED) is 0.352. The molecule has 0 heterocycles. The highest BCUT2D eigenvalue weighted by Gasteiger charge is 2.19. The molecule has 0 atom stereocenters. The Balaban J connectivity index is 1.49. The number of hydrogen-bond acceptors (Lipinski definition) is 6. The molecular weight excluding hydrogens is 468 g/mol. The van der Waals surface area contributed by atoms with Crippen LogP contribution in [0.5, 0.6) is 17.2 Å². The van der Waals surface area contributed by atoms with E-state index < -0.39 is 15.9 Å². The Morgan fingerprint density at radius 2 is 1.46 bits per heavy atom. The van der Waals surface area contributed by atoms with Gasteiger partial charge in [0, 0.05) is 0 Å². The minimum Gasteiger partial charge on any atom is -0.495 e. The highest BCUT2D eigenvalue weighted by molar-refractivity contribution is 7.92. The molecule has 8 nitrogen and oxygen atoms in total. The van der Waals surface area contributed by atoms with E-state index in [9.17, 15) is 13.2 Å². The van der Waals surface area contributed by atoms with Crippen molar-refractivity contribution in [3.8, 4) is 17.2 Å². The third-order valence-corrected chi connectivity index (χ3v) is 6.56. The van der Waals surface area contributed by atoms with Gasteiger partial charge < -0.3 is 19.5 Å². The highest BCUT2D eigenvalue weighted by Crippen LogP contribution is 2.30. The predicted octanol–water partition coefficient (Wildman–Crippen LogP) is 4.68. The molecule has 0 aromatic heterocycles. The SMILES string of the molecule is COc1ccc(S(=O)(=O)Nc2ccccc2OC)cc1NC(=O)COc1ccc2ccccc2c1. The molecular formula is C26H24N2O6S. The lowest BCUT2D eigenvalue weighted by Gasteiger charge is -2.15. The average molecular weight is 493 g/mol. The first-order valence-electron chi connectivity index (χ1n) is 10.6. The topological polar surface area (TPSA) is 103 Å². The van der Waals surface area contributed by atoms with E-state index in [1.807, 2.05) is 36.4 Å². The van der Waals surface area contributed by atoms with Crippen LogP contribution in [0.4, 0.5) is 11.4 Å². The van der Waals surface area contributed by atoms with Crippen molar-refractivity contribution in [1.82, 2.24) is 0 Å². The van der Waals surface area contributed by atoms with Gasteiger partial charge in [0.05, 0.1) is 30.5 Å². The Labute approximate surface area is 203 Å². The van der Waals surface area contributed by atoms with Crippen molar-refractivity contribution in [3.05, 3.63) is 84.9 Å². The van der Waals surface area contributed by atoms with Gasteiger partial charge in [-0.15, -0.1) is 0 Å². The number of amides is 1. The number of carbonyl (C=O) groups excluding carboxylic acids is 1. The Kier molecular flexibility index (Phi) is 7.07. The van der Waals surface area contributed by atoms with Crippen molar-refractivity contribution < 1.29 is 27.4 Å². The van der Waals surface area contributed by atoms with E-state index in [1.54, 1.807) is 30.3 Å². The van der Waals surface area contributed by atoms with Gasteiger partial charge in [-0.3, -0.25) is 9.52 Å². The molecule has 0 aliphatic heterocycles. The van der Waals surface area contributed by atoms with Gasteiger partial charge in [0.25, 0.3) is 15.9 Å². The third kappa shape index (κ3) is 5.64. The molecule has 0 unspecified atom stereocenters. The second kappa shape index (κ2) is 10.4. The van der Waals surface area contributed by atoms with E-state index in [4.69, 9.17) is 14.2 Å². The summed E-state index contributed by atoms with van der Waals surface area (Å²) in [6, 6.07) is 24.2. The minimum atomic E-state index is -3.97. The van der Waals surface area contributed by atoms with Gasteiger partial charge in [0.2, 0.25) is 0 Å². The summed E-state index contributed by atoms with van der Waals surface area (Å²) < 4.78 is 44.6. The number of hydrogen-bond donors (Lipinski definition) is 2. The van der Waals surface area contributed by atoms with Gasteiger partial charge in [0.15, 0.2) is 6.61 Å². The molecule has 1 amide bonds. The van der Waals surface area contributed by atoms with Crippen LogP contribution in [-0.4, -0.2) is 35.2 Å². The van der Waals surface area contributed by atoms with E-state index >= 15 is 0 Å². The van der Waals surface area contributed by atoms with Gasteiger partial charge in [0.1, 0.15) is 17.2 Å². The number of carbonyl (C=O) groups is 1. The molecule has 0 aliphatic rings. The highest BCUT2D eigenvalue weighted by atomic mass is 32.2. The van der Waals surface area contributed by atoms with Gasteiger partial charge in [-0.25, -0.2) is 8.42 Å². The summed E-state index contributed by atoms with van der Waals surface area (Å²) in [5.74, 6) is 0.760. The van der Waals surface area contributed by atoms with Crippen molar-refractivity contribution in [2.45, 2.75) is 4.90 Å². The molecule has 35 heavy (non-hydrogen) atoms. The maximum Gasteiger partial charge on any atom is 0.262 e. The normalized spacial score (nSPS) is 11.0. The molecule has 180 valence electrons.